The van der Waals surface area contributed by atoms with Gasteiger partial charge in [0.05, 0.1) is 13.2 Å². The molecule has 0 aliphatic carbocycles. The van der Waals surface area contributed by atoms with Crippen LogP contribution in [0.2, 0.25) is 0 Å². The predicted molar refractivity (Wildman–Crippen MR) is 61.6 cm³/mol. The molecule has 78 valence electrons. The lowest BCUT2D eigenvalue weighted by Gasteiger charge is -2.06. The van der Waals surface area contributed by atoms with Crippen LogP contribution in [0.4, 0.5) is 0 Å². The van der Waals surface area contributed by atoms with Crippen LogP contribution in [0, 0.1) is 6.92 Å². The van der Waals surface area contributed by atoms with Crippen LogP contribution in [0.5, 0.6) is 5.75 Å². The first kappa shape index (κ1) is 11.5. The van der Waals surface area contributed by atoms with Crippen molar-refractivity contribution in [3.05, 3.63) is 29.8 Å². The summed E-state index contributed by atoms with van der Waals surface area (Å²) in [6.07, 6.45) is 2.07. The third-order valence-corrected chi connectivity index (χ3v) is 2.15. The fourth-order valence-electron chi connectivity index (χ4n) is 1.18. The fraction of sp³-hybridized carbons (Fsp3) is 0.455. The molecule has 3 heteroatoms. The van der Waals surface area contributed by atoms with Gasteiger partial charge in [0.1, 0.15) is 5.75 Å². The van der Waals surface area contributed by atoms with Crippen molar-refractivity contribution in [2.75, 3.05) is 13.2 Å². The summed E-state index contributed by atoms with van der Waals surface area (Å²) in [4.78, 5) is 0. The molecule has 2 nitrogen and oxygen atoms in total. The number of aryl methyl sites for hydroxylation is 1. The number of hydrogen-bond acceptors (Lipinski definition) is 2. The van der Waals surface area contributed by atoms with Crippen molar-refractivity contribution in [1.29, 1.82) is 0 Å². The normalized spacial score (nSPS) is 10.1. The van der Waals surface area contributed by atoms with Crippen LogP contribution in [-0.4, -0.2) is 13.2 Å². The molecule has 0 fully saturated rings. The summed E-state index contributed by atoms with van der Waals surface area (Å²) in [5.74, 6) is 0.955. The monoisotopic (exact) mass is 212 g/mol. The summed E-state index contributed by atoms with van der Waals surface area (Å²) in [7, 11) is 2.25. The van der Waals surface area contributed by atoms with Gasteiger partial charge in [-0.05, 0) is 37.5 Å². The van der Waals surface area contributed by atoms with Crippen molar-refractivity contribution in [3.8, 4) is 5.75 Å². The molecular weight excluding hydrogens is 195 g/mol. The maximum absolute atomic E-state index is 5.57. The first-order valence-electron chi connectivity index (χ1n) is 4.84. The Morgan fingerprint density at radius 1 is 1.21 bits per heavy atom. The van der Waals surface area contributed by atoms with E-state index in [1.165, 1.54) is 5.56 Å². The number of hydrogen-bond donors (Lipinski definition) is 0. The van der Waals surface area contributed by atoms with E-state index in [0.29, 0.717) is 0 Å². The molecule has 0 heterocycles. The second-order valence-corrected chi connectivity index (χ2v) is 3.58. The van der Waals surface area contributed by atoms with E-state index in [2.05, 4.69) is 22.5 Å². The van der Waals surface area contributed by atoms with Crippen LogP contribution in [0.3, 0.4) is 0 Å². The predicted octanol–water partition coefficient (Wildman–Crippen LogP) is 2.96. The summed E-state index contributed by atoms with van der Waals surface area (Å²) in [6.45, 7) is 3.61. The number of benzene rings is 1. The third-order valence-electron chi connectivity index (χ3n) is 1.91. The van der Waals surface area contributed by atoms with E-state index >= 15 is 0 Å². The van der Waals surface area contributed by atoms with Gasteiger partial charge in [-0.2, -0.15) is 0 Å². The number of rotatable bonds is 6. The summed E-state index contributed by atoms with van der Waals surface area (Å²) in [5.41, 5.74) is 1.23. The average Bonchev–Trinajstić information content (AvgIpc) is 2.18. The molecule has 14 heavy (non-hydrogen) atoms. The van der Waals surface area contributed by atoms with Gasteiger partial charge in [-0.3, -0.25) is 0 Å². The Morgan fingerprint density at radius 3 is 2.71 bits per heavy atom. The molecule has 0 spiro atoms. The molecule has 0 aliphatic rings. The van der Waals surface area contributed by atoms with E-state index in [1.54, 1.807) is 0 Å². The van der Waals surface area contributed by atoms with Crippen molar-refractivity contribution in [2.24, 2.45) is 0 Å². The average molecular weight is 212 g/mol. The molecule has 1 aromatic carbocycles. The minimum Gasteiger partial charge on any atom is -0.494 e. The summed E-state index contributed by atoms with van der Waals surface area (Å²) in [5, 5.41) is 0. The Balaban J connectivity index is 2.18. The van der Waals surface area contributed by atoms with E-state index < -0.39 is 0 Å². The zero-order valence-corrected chi connectivity index (χ0v) is 9.69. The van der Waals surface area contributed by atoms with Gasteiger partial charge in [-0.25, -0.2) is 0 Å². The first-order chi connectivity index (χ1) is 6.83. The van der Waals surface area contributed by atoms with Crippen LogP contribution in [0.25, 0.3) is 0 Å². The molecule has 1 aromatic rings. The Labute approximate surface area is 87.9 Å². The van der Waals surface area contributed by atoms with E-state index in [9.17, 15) is 0 Å². The van der Waals surface area contributed by atoms with Crippen molar-refractivity contribution in [2.45, 2.75) is 19.8 Å². The molecule has 0 saturated carbocycles. The number of unbranched alkanes of at least 4 members (excludes halogenated alkanes) is 1. The van der Waals surface area contributed by atoms with Gasteiger partial charge in [0.15, 0.2) is 0 Å². The molecule has 1 atom stereocenters. The zero-order chi connectivity index (χ0) is 10.2. The van der Waals surface area contributed by atoms with Gasteiger partial charge < -0.3 is 9.26 Å². The highest BCUT2D eigenvalue weighted by Gasteiger charge is 1.93. The lowest BCUT2D eigenvalue weighted by atomic mass is 10.2. The van der Waals surface area contributed by atoms with Crippen LogP contribution in [0.1, 0.15) is 18.4 Å². The van der Waals surface area contributed by atoms with Crippen LogP contribution < -0.4 is 4.74 Å². The van der Waals surface area contributed by atoms with Crippen LogP contribution in [0.15, 0.2) is 24.3 Å². The highest BCUT2D eigenvalue weighted by Crippen LogP contribution is 2.12. The molecule has 0 radical (unpaired) electrons. The van der Waals surface area contributed by atoms with E-state index in [-0.39, 0.29) is 0 Å². The van der Waals surface area contributed by atoms with Crippen molar-refractivity contribution < 1.29 is 9.26 Å². The lowest BCUT2D eigenvalue weighted by Crippen LogP contribution is -1.98. The second kappa shape index (κ2) is 6.80. The number of ether oxygens (including phenoxy) is 1. The summed E-state index contributed by atoms with van der Waals surface area (Å²) < 4.78 is 10.4. The molecule has 0 aliphatic heterocycles. The topological polar surface area (TPSA) is 18.5 Å². The van der Waals surface area contributed by atoms with Crippen LogP contribution >= 0.6 is 9.47 Å². The standard InChI is InChI=1S/C11H17O2P/c1-10-5-4-6-11(9-10)12-7-2-3-8-13-14/h4-6,9H,2-3,7-8,14H2,1H3. The third kappa shape index (κ3) is 4.59. The highest BCUT2D eigenvalue weighted by molar-refractivity contribution is 7.09. The maximum atomic E-state index is 5.57. The van der Waals surface area contributed by atoms with Gasteiger partial charge >= 0.3 is 0 Å². The molecule has 0 aromatic heterocycles. The summed E-state index contributed by atoms with van der Waals surface area (Å²) in [6, 6.07) is 8.11. The Morgan fingerprint density at radius 2 is 2.00 bits per heavy atom. The van der Waals surface area contributed by atoms with Crippen LogP contribution in [-0.2, 0) is 4.52 Å². The van der Waals surface area contributed by atoms with Gasteiger partial charge in [0, 0.05) is 9.47 Å². The SMILES string of the molecule is Cc1cccc(OCCCCOP)c1. The molecule has 1 unspecified atom stereocenters. The second-order valence-electron chi connectivity index (χ2n) is 3.24. The molecule has 0 N–H and O–H groups in total. The Bertz CT molecular complexity index is 263. The fourth-order valence-corrected chi connectivity index (χ4v) is 1.35. The van der Waals surface area contributed by atoms with Crippen molar-refractivity contribution in [1.82, 2.24) is 0 Å². The quantitative estimate of drug-likeness (QED) is 0.533. The molecular formula is C11H17O2P. The Kier molecular flexibility index (Phi) is 5.58. The molecule has 0 saturated heterocycles. The Hall–Kier alpha value is -0.590. The molecule has 1 rings (SSSR count). The van der Waals surface area contributed by atoms with Gasteiger partial charge in [-0.15, -0.1) is 0 Å². The summed E-state index contributed by atoms with van der Waals surface area (Å²) >= 11 is 0. The smallest absolute Gasteiger partial charge is 0.119 e. The van der Waals surface area contributed by atoms with E-state index in [0.717, 1.165) is 31.8 Å². The lowest BCUT2D eigenvalue weighted by molar-refractivity contribution is 0.283. The van der Waals surface area contributed by atoms with E-state index in [4.69, 9.17) is 9.26 Å². The van der Waals surface area contributed by atoms with Crippen molar-refractivity contribution >= 4 is 9.47 Å². The van der Waals surface area contributed by atoms with E-state index in [1.807, 2.05) is 18.2 Å². The maximum Gasteiger partial charge on any atom is 0.119 e. The zero-order valence-electron chi connectivity index (χ0n) is 8.53. The van der Waals surface area contributed by atoms with Gasteiger partial charge in [-0.1, -0.05) is 12.1 Å². The minimum atomic E-state index is 0.761. The molecule has 0 bridgehead atoms. The molecule has 0 amide bonds. The van der Waals surface area contributed by atoms with Gasteiger partial charge in [0.2, 0.25) is 0 Å². The largest absolute Gasteiger partial charge is 0.494 e. The van der Waals surface area contributed by atoms with Gasteiger partial charge in [0.25, 0.3) is 0 Å². The minimum absolute atomic E-state index is 0.761. The van der Waals surface area contributed by atoms with Crippen molar-refractivity contribution in [3.63, 3.8) is 0 Å². The highest BCUT2D eigenvalue weighted by atomic mass is 31.0. The first-order valence-corrected chi connectivity index (χ1v) is 5.31.